The number of aromatic nitrogens is 1. The average molecular weight is 220 g/mol. The van der Waals surface area contributed by atoms with E-state index in [0.717, 1.165) is 30.4 Å². The van der Waals surface area contributed by atoms with Crippen LogP contribution in [0.15, 0.2) is 18.3 Å². The van der Waals surface area contributed by atoms with Crippen LogP contribution in [0, 0.1) is 5.92 Å². The summed E-state index contributed by atoms with van der Waals surface area (Å²) in [6.07, 6.45) is 4.08. The minimum atomic E-state index is -0.415. The predicted octanol–water partition coefficient (Wildman–Crippen LogP) is 2.37. The highest BCUT2D eigenvalue weighted by Crippen LogP contribution is 2.31. The van der Waals surface area contributed by atoms with Gasteiger partial charge in [-0.1, -0.05) is 0 Å². The molecule has 1 aliphatic rings. The molecular weight excluding hydrogens is 200 g/mol. The van der Waals surface area contributed by atoms with Crippen molar-refractivity contribution in [1.82, 2.24) is 4.98 Å². The average Bonchev–Trinajstić information content (AvgIpc) is 3.10. The third-order valence-electron chi connectivity index (χ3n) is 3.13. The minimum Gasteiger partial charge on any atom is -0.389 e. The molecule has 1 fully saturated rings. The maximum Gasteiger partial charge on any atom is 0.128 e. The number of anilines is 1. The zero-order valence-corrected chi connectivity index (χ0v) is 10.1. The Balaban J connectivity index is 2.12. The fourth-order valence-electron chi connectivity index (χ4n) is 1.86. The maximum atomic E-state index is 9.55. The Kier molecular flexibility index (Phi) is 3.44. The first-order chi connectivity index (χ1) is 7.70. The second-order valence-corrected chi connectivity index (χ2v) is 4.61. The van der Waals surface area contributed by atoms with Crippen LogP contribution in [0.1, 0.15) is 38.4 Å². The van der Waals surface area contributed by atoms with E-state index in [1.165, 1.54) is 12.8 Å². The Bertz CT molecular complexity index is 348. The van der Waals surface area contributed by atoms with Crippen molar-refractivity contribution in [2.75, 3.05) is 18.0 Å². The highest BCUT2D eigenvalue weighted by Gasteiger charge is 2.24. The van der Waals surface area contributed by atoms with E-state index >= 15 is 0 Å². The topological polar surface area (TPSA) is 36.4 Å². The highest BCUT2D eigenvalue weighted by molar-refractivity contribution is 5.41. The van der Waals surface area contributed by atoms with E-state index in [2.05, 4.69) is 16.8 Å². The van der Waals surface area contributed by atoms with Gasteiger partial charge in [0, 0.05) is 19.3 Å². The van der Waals surface area contributed by atoms with Crippen LogP contribution in [0.3, 0.4) is 0 Å². The van der Waals surface area contributed by atoms with Crippen LogP contribution in [-0.4, -0.2) is 23.2 Å². The fourth-order valence-corrected chi connectivity index (χ4v) is 1.86. The van der Waals surface area contributed by atoms with E-state index in [-0.39, 0.29) is 0 Å². The second kappa shape index (κ2) is 4.83. The summed E-state index contributed by atoms with van der Waals surface area (Å²) in [6.45, 7) is 6.02. The molecule has 2 rings (SSSR count). The first kappa shape index (κ1) is 11.4. The van der Waals surface area contributed by atoms with E-state index in [0.29, 0.717) is 0 Å². The van der Waals surface area contributed by atoms with Gasteiger partial charge in [0.2, 0.25) is 0 Å². The van der Waals surface area contributed by atoms with Crippen LogP contribution in [0.2, 0.25) is 0 Å². The van der Waals surface area contributed by atoms with Gasteiger partial charge in [-0.3, -0.25) is 0 Å². The molecule has 1 aromatic heterocycles. The number of aliphatic hydroxyl groups excluding tert-OH is 1. The number of hydrogen-bond acceptors (Lipinski definition) is 3. The molecule has 1 unspecified atom stereocenters. The van der Waals surface area contributed by atoms with Crippen LogP contribution in [-0.2, 0) is 0 Å². The number of nitrogens with zero attached hydrogens (tertiary/aromatic N) is 2. The molecule has 1 N–H and O–H groups in total. The summed E-state index contributed by atoms with van der Waals surface area (Å²) >= 11 is 0. The number of aliphatic hydroxyl groups is 1. The maximum absolute atomic E-state index is 9.55. The summed E-state index contributed by atoms with van der Waals surface area (Å²) in [5.41, 5.74) is 0.944. The first-order valence-electron chi connectivity index (χ1n) is 6.09. The molecule has 1 heterocycles. The van der Waals surface area contributed by atoms with Gasteiger partial charge in [0.1, 0.15) is 5.82 Å². The molecule has 1 atom stereocenters. The van der Waals surface area contributed by atoms with Crippen molar-refractivity contribution in [2.45, 2.75) is 32.8 Å². The summed E-state index contributed by atoms with van der Waals surface area (Å²) in [5.74, 6) is 1.85. The zero-order valence-electron chi connectivity index (χ0n) is 10.1. The number of hydrogen-bond donors (Lipinski definition) is 1. The van der Waals surface area contributed by atoms with Crippen LogP contribution in [0.5, 0.6) is 0 Å². The summed E-state index contributed by atoms with van der Waals surface area (Å²) in [6, 6.07) is 3.87. The largest absolute Gasteiger partial charge is 0.389 e. The molecule has 0 saturated heterocycles. The third-order valence-corrected chi connectivity index (χ3v) is 3.13. The van der Waals surface area contributed by atoms with Crippen molar-refractivity contribution >= 4 is 5.82 Å². The Morgan fingerprint density at radius 1 is 1.56 bits per heavy atom. The molecule has 0 radical (unpaired) electrons. The molecule has 1 saturated carbocycles. The third kappa shape index (κ3) is 2.73. The fraction of sp³-hybridized carbons (Fsp3) is 0.615. The molecule has 1 aromatic rings. The van der Waals surface area contributed by atoms with Crippen molar-refractivity contribution in [3.8, 4) is 0 Å². The van der Waals surface area contributed by atoms with Crippen molar-refractivity contribution in [2.24, 2.45) is 5.92 Å². The van der Waals surface area contributed by atoms with E-state index in [1.807, 2.05) is 12.1 Å². The van der Waals surface area contributed by atoms with Crippen molar-refractivity contribution in [1.29, 1.82) is 0 Å². The van der Waals surface area contributed by atoms with Crippen LogP contribution in [0.4, 0.5) is 5.82 Å². The second-order valence-electron chi connectivity index (χ2n) is 4.61. The Morgan fingerprint density at radius 3 is 2.88 bits per heavy atom. The number of rotatable bonds is 5. The zero-order chi connectivity index (χ0) is 11.5. The van der Waals surface area contributed by atoms with Crippen molar-refractivity contribution < 1.29 is 5.11 Å². The molecule has 0 amide bonds. The molecule has 0 spiro atoms. The van der Waals surface area contributed by atoms with Crippen LogP contribution >= 0.6 is 0 Å². The van der Waals surface area contributed by atoms with Crippen LogP contribution in [0.25, 0.3) is 0 Å². The predicted molar refractivity (Wildman–Crippen MR) is 65.5 cm³/mol. The van der Waals surface area contributed by atoms with Gasteiger partial charge in [-0.25, -0.2) is 4.98 Å². The molecule has 16 heavy (non-hydrogen) atoms. The van der Waals surface area contributed by atoms with Gasteiger partial charge in [-0.2, -0.15) is 0 Å². The summed E-state index contributed by atoms with van der Waals surface area (Å²) in [5, 5.41) is 9.55. The smallest absolute Gasteiger partial charge is 0.128 e. The molecule has 3 nitrogen and oxygen atoms in total. The SMILES string of the molecule is CCN(CC1CC1)c1cc(C(C)O)ccn1. The lowest BCUT2D eigenvalue weighted by Crippen LogP contribution is -2.26. The highest BCUT2D eigenvalue weighted by atomic mass is 16.3. The van der Waals surface area contributed by atoms with Gasteiger partial charge in [0.25, 0.3) is 0 Å². The first-order valence-corrected chi connectivity index (χ1v) is 6.09. The molecule has 0 aliphatic heterocycles. The van der Waals surface area contributed by atoms with Gasteiger partial charge in [-0.05, 0) is 50.3 Å². The quantitative estimate of drug-likeness (QED) is 0.827. The lowest BCUT2D eigenvalue weighted by atomic mass is 10.1. The molecular formula is C13H20N2O. The molecule has 88 valence electrons. The van der Waals surface area contributed by atoms with Gasteiger partial charge < -0.3 is 10.0 Å². The normalized spacial score (nSPS) is 17.2. The Labute approximate surface area is 97.1 Å². The Morgan fingerprint density at radius 2 is 2.31 bits per heavy atom. The minimum absolute atomic E-state index is 0.415. The molecule has 0 bridgehead atoms. The Hall–Kier alpha value is -1.09. The van der Waals surface area contributed by atoms with Gasteiger partial charge in [0.05, 0.1) is 6.10 Å². The van der Waals surface area contributed by atoms with Gasteiger partial charge in [0.15, 0.2) is 0 Å². The molecule has 3 heteroatoms. The monoisotopic (exact) mass is 220 g/mol. The summed E-state index contributed by atoms with van der Waals surface area (Å²) < 4.78 is 0. The summed E-state index contributed by atoms with van der Waals surface area (Å²) in [7, 11) is 0. The van der Waals surface area contributed by atoms with E-state index in [9.17, 15) is 5.11 Å². The summed E-state index contributed by atoms with van der Waals surface area (Å²) in [4.78, 5) is 6.68. The van der Waals surface area contributed by atoms with Gasteiger partial charge in [-0.15, -0.1) is 0 Å². The molecule has 1 aliphatic carbocycles. The van der Waals surface area contributed by atoms with Crippen molar-refractivity contribution in [3.05, 3.63) is 23.9 Å². The van der Waals surface area contributed by atoms with Crippen molar-refractivity contribution in [3.63, 3.8) is 0 Å². The number of pyridine rings is 1. The van der Waals surface area contributed by atoms with E-state index < -0.39 is 6.10 Å². The van der Waals surface area contributed by atoms with E-state index in [1.54, 1.807) is 13.1 Å². The van der Waals surface area contributed by atoms with Gasteiger partial charge >= 0.3 is 0 Å². The van der Waals surface area contributed by atoms with E-state index in [4.69, 9.17) is 0 Å². The lowest BCUT2D eigenvalue weighted by Gasteiger charge is -2.22. The lowest BCUT2D eigenvalue weighted by molar-refractivity contribution is 0.199. The van der Waals surface area contributed by atoms with Crippen LogP contribution < -0.4 is 4.90 Å². The standard InChI is InChI=1S/C13H20N2O/c1-3-15(9-11-4-5-11)13-8-12(10(2)16)6-7-14-13/h6-8,10-11,16H,3-5,9H2,1-2H3. The molecule has 0 aromatic carbocycles.